The van der Waals surface area contributed by atoms with E-state index in [4.69, 9.17) is 4.74 Å². The first-order chi connectivity index (χ1) is 13.2. The fraction of sp³-hybridized carbons (Fsp3) is 0.130. The van der Waals surface area contributed by atoms with Gasteiger partial charge < -0.3 is 10.1 Å². The molecular formula is C23H20N2O2. The molecule has 1 amide bonds. The van der Waals surface area contributed by atoms with Crippen molar-refractivity contribution in [1.29, 1.82) is 0 Å². The van der Waals surface area contributed by atoms with E-state index in [9.17, 15) is 4.79 Å². The fourth-order valence-electron chi connectivity index (χ4n) is 2.51. The number of pyridine rings is 1. The van der Waals surface area contributed by atoms with Crippen LogP contribution in [0.25, 0.3) is 0 Å². The molecule has 4 nitrogen and oxygen atoms in total. The highest BCUT2D eigenvalue weighted by atomic mass is 16.5. The third-order valence-electron chi connectivity index (χ3n) is 3.75. The zero-order valence-electron chi connectivity index (χ0n) is 15.1. The number of amides is 1. The SMILES string of the molecule is CCOc1ccc(CC(=O)Nc2cccc(C#Cc3ccccn3)c2)cc1. The average Bonchev–Trinajstić information content (AvgIpc) is 2.69. The van der Waals surface area contributed by atoms with Crippen molar-refractivity contribution in [3.8, 4) is 17.6 Å². The Hall–Kier alpha value is -3.58. The van der Waals surface area contributed by atoms with Crippen LogP contribution in [0.15, 0.2) is 72.9 Å². The molecule has 1 aromatic heterocycles. The average molecular weight is 356 g/mol. The number of ether oxygens (including phenoxy) is 1. The van der Waals surface area contributed by atoms with Crippen LogP contribution in [-0.2, 0) is 11.2 Å². The number of carbonyl (C=O) groups is 1. The molecule has 0 radical (unpaired) electrons. The van der Waals surface area contributed by atoms with Crippen LogP contribution >= 0.6 is 0 Å². The molecule has 3 aromatic rings. The van der Waals surface area contributed by atoms with Crippen LogP contribution in [-0.4, -0.2) is 17.5 Å². The highest BCUT2D eigenvalue weighted by Gasteiger charge is 2.05. The standard InChI is InChI=1S/C23H20N2O2/c1-2-27-22-13-10-19(11-14-22)17-23(26)25-21-8-5-6-18(16-21)9-12-20-7-3-4-15-24-20/h3-8,10-11,13-16H,2,17H2,1H3,(H,25,26). The Kier molecular flexibility index (Phi) is 6.21. The normalized spacial score (nSPS) is 9.81. The van der Waals surface area contributed by atoms with E-state index in [0.29, 0.717) is 18.7 Å². The number of carbonyl (C=O) groups excluding carboxylic acids is 1. The van der Waals surface area contributed by atoms with Crippen LogP contribution in [0.5, 0.6) is 5.75 Å². The minimum atomic E-state index is -0.0750. The summed E-state index contributed by atoms with van der Waals surface area (Å²) in [6.45, 7) is 2.57. The lowest BCUT2D eigenvalue weighted by Crippen LogP contribution is -2.14. The number of nitrogens with one attached hydrogen (secondary N) is 1. The number of rotatable bonds is 5. The maximum Gasteiger partial charge on any atom is 0.228 e. The van der Waals surface area contributed by atoms with Crippen LogP contribution < -0.4 is 10.1 Å². The van der Waals surface area contributed by atoms with E-state index >= 15 is 0 Å². The van der Waals surface area contributed by atoms with Gasteiger partial charge in [0.2, 0.25) is 5.91 Å². The summed E-state index contributed by atoms with van der Waals surface area (Å²) in [7, 11) is 0. The predicted octanol–water partition coefficient (Wildman–Crippen LogP) is 4.06. The zero-order chi connectivity index (χ0) is 18.9. The molecule has 134 valence electrons. The second kappa shape index (κ2) is 9.21. The van der Waals surface area contributed by atoms with E-state index in [1.165, 1.54) is 0 Å². The van der Waals surface area contributed by atoms with Gasteiger partial charge in [-0.3, -0.25) is 4.79 Å². The van der Waals surface area contributed by atoms with Crippen molar-refractivity contribution >= 4 is 11.6 Å². The summed E-state index contributed by atoms with van der Waals surface area (Å²) >= 11 is 0. The van der Waals surface area contributed by atoms with Crippen molar-refractivity contribution in [3.63, 3.8) is 0 Å². The Morgan fingerprint density at radius 2 is 1.89 bits per heavy atom. The highest BCUT2D eigenvalue weighted by molar-refractivity contribution is 5.92. The van der Waals surface area contributed by atoms with Crippen molar-refractivity contribution in [1.82, 2.24) is 4.98 Å². The van der Waals surface area contributed by atoms with Crippen LogP contribution in [0.3, 0.4) is 0 Å². The number of nitrogens with zero attached hydrogens (tertiary/aromatic N) is 1. The molecular weight excluding hydrogens is 336 g/mol. The maximum absolute atomic E-state index is 12.3. The Balaban J connectivity index is 1.62. The van der Waals surface area contributed by atoms with E-state index in [0.717, 1.165) is 22.6 Å². The molecule has 1 N–H and O–H groups in total. The van der Waals surface area contributed by atoms with Gasteiger partial charge in [-0.25, -0.2) is 4.98 Å². The Bertz CT molecular complexity index is 955. The van der Waals surface area contributed by atoms with E-state index in [1.54, 1.807) is 6.20 Å². The van der Waals surface area contributed by atoms with Crippen molar-refractivity contribution in [2.75, 3.05) is 11.9 Å². The summed E-state index contributed by atoms with van der Waals surface area (Å²) in [4.78, 5) is 16.5. The van der Waals surface area contributed by atoms with E-state index in [1.807, 2.05) is 73.7 Å². The Labute approximate surface area is 159 Å². The first-order valence-corrected chi connectivity index (χ1v) is 8.77. The highest BCUT2D eigenvalue weighted by Crippen LogP contribution is 2.14. The number of benzene rings is 2. The molecule has 4 heteroatoms. The van der Waals surface area contributed by atoms with E-state index < -0.39 is 0 Å². The van der Waals surface area contributed by atoms with Gasteiger partial charge in [0, 0.05) is 17.4 Å². The lowest BCUT2D eigenvalue weighted by molar-refractivity contribution is -0.115. The second-order valence-corrected chi connectivity index (χ2v) is 5.85. The summed E-state index contributed by atoms with van der Waals surface area (Å²) in [6.07, 6.45) is 2.01. The first kappa shape index (κ1) is 18.2. The van der Waals surface area contributed by atoms with Crippen LogP contribution in [0, 0.1) is 11.8 Å². The lowest BCUT2D eigenvalue weighted by atomic mass is 10.1. The maximum atomic E-state index is 12.3. The van der Waals surface area contributed by atoms with Gasteiger partial charge in [0.1, 0.15) is 11.4 Å². The summed E-state index contributed by atoms with van der Waals surface area (Å²) in [5, 5.41) is 2.92. The molecule has 0 saturated carbocycles. The zero-order valence-corrected chi connectivity index (χ0v) is 15.1. The monoisotopic (exact) mass is 356 g/mol. The topological polar surface area (TPSA) is 51.2 Å². The molecule has 27 heavy (non-hydrogen) atoms. The molecule has 1 heterocycles. The smallest absolute Gasteiger partial charge is 0.228 e. The summed E-state index contributed by atoms with van der Waals surface area (Å²) < 4.78 is 5.41. The molecule has 0 atom stereocenters. The molecule has 0 saturated heterocycles. The van der Waals surface area contributed by atoms with Crippen LogP contribution in [0.1, 0.15) is 23.7 Å². The van der Waals surface area contributed by atoms with Crippen LogP contribution in [0.2, 0.25) is 0 Å². The summed E-state index contributed by atoms with van der Waals surface area (Å²) in [5.41, 5.74) is 3.18. The van der Waals surface area contributed by atoms with Crippen molar-refractivity contribution in [2.24, 2.45) is 0 Å². The summed E-state index contributed by atoms with van der Waals surface area (Å²) in [6, 6.07) is 20.6. The molecule has 0 spiro atoms. The molecule has 3 rings (SSSR count). The molecule has 0 aliphatic heterocycles. The quantitative estimate of drug-likeness (QED) is 0.702. The Morgan fingerprint density at radius 1 is 1.04 bits per heavy atom. The molecule has 2 aromatic carbocycles. The van der Waals surface area contributed by atoms with Gasteiger partial charge >= 0.3 is 0 Å². The minimum absolute atomic E-state index is 0.0750. The van der Waals surface area contributed by atoms with Crippen molar-refractivity contribution in [3.05, 3.63) is 89.7 Å². The van der Waals surface area contributed by atoms with Gasteiger partial charge in [0.15, 0.2) is 0 Å². The molecule has 0 unspecified atom stereocenters. The van der Waals surface area contributed by atoms with Gasteiger partial charge in [-0.2, -0.15) is 0 Å². The fourth-order valence-corrected chi connectivity index (χ4v) is 2.51. The van der Waals surface area contributed by atoms with Gasteiger partial charge in [-0.05, 0) is 60.9 Å². The van der Waals surface area contributed by atoms with Crippen molar-refractivity contribution in [2.45, 2.75) is 13.3 Å². The lowest BCUT2D eigenvalue weighted by Gasteiger charge is -2.07. The van der Waals surface area contributed by atoms with E-state index in [-0.39, 0.29) is 5.91 Å². The predicted molar refractivity (Wildman–Crippen MR) is 107 cm³/mol. The number of hydrogen-bond acceptors (Lipinski definition) is 3. The molecule has 0 aliphatic rings. The number of hydrogen-bond donors (Lipinski definition) is 1. The largest absolute Gasteiger partial charge is 0.494 e. The van der Waals surface area contributed by atoms with Gasteiger partial charge in [-0.15, -0.1) is 0 Å². The third kappa shape index (κ3) is 5.72. The second-order valence-electron chi connectivity index (χ2n) is 5.85. The first-order valence-electron chi connectivity index (χ1n) is 8.77. The summed E-state index contributed by atoms with van der Waals surface area (Å²) in [5.74, 6) is 6.81. The molecule has 0 aliphatic carbocycles. The van der Waals surface area contributed by atoms with Crippen molar-refractivity contribution < 1.29 is 9.53 Å². The van der Waals surface area contributed by atoms with Gasteiger partial charge in [0.05, 0.1) is 13.0 Å². The third-order valence-corrected chi connectivity index (χ3v) is 3.75. The number of anilines is 1. The van der Waals surface area contributed by atoms with Crippen LogP contribution in [0.4, 0.5) is 5.69 Å². The number of aromatic nitrogens is 1. The molecule has 0 bridgehead atoms. The minimum Gasteiger partial charge on any atom is -0.494 e. The Morgan fingerprint density at radius 3 is 2.63 bits per heavy atom. The van der Waals surface area contributed by atoms with Gasteiger partial charge in [-0.1, -0.05) is 30.2 Å². The van der Waals surface area contributed by atoms with E-state index in [2.05, 4.69) is 22.1 Å². The van der Waals surface area contributed by atoms with Gasteiger partial charge in [0.25, 0.3) is 0 Å². The molecule has 0 fully saturated rings.